The normalized spacial score (nSPS) is 31.7. The number of nitrogens with two attached hydrogens (primary N) is 1. The van der Waals surface area contributed by atoms with Crippen LogP contribution in [0.4, 0.5) is 5.69 Å². The van der Waals surface area contributed by atoms with Crippen LogP contribution in [-0.4, -0.2) is 24.0 Å². The van der Waals surface area contributed by atoms with Crippen LogP contribution in [0.25, 0.3) is 0 Å². The molecule has 5 rings (SSSR count). The van der Waals surface area contributed by atoms with E-state index >= 15 is 0 Å². The van der Waals surface area contributed by atoms with Gasteiger partial charge in [-0.05, 0) is 68.4 Å². The zero-order valence-corrected chi connectivity index (χ0v) is 15.9. The van der Waals surface area contributed by atoms with Gasteiger partial charge < -0.3 is 15.8 Å². The summed E-state index contributed by atoms with van der Waals surface area (Å²) in [5.74, 6) is 1.24. The van der Waals surface area contributed by atoms with Gasteiger partial charge >= 0.3 is 5.97 Å². The molecule has 1 aromatic carbocycles. The first-order valence-corrected chi connectivity index (χ1v) is 9.82. The van der Waals surface area contributed by atoms with Crippen LogP contribution in [0, 0.1) is 17.8 Å². The van der Waals surface area contributed by atoms with E-state index in [0.29, 0.717) is 0 Å². The van der Waals surface area contributed by atoms with Gasteiger partial charge in [0.2, 0.25) is 0 Å². The number of carbonyl (C=O) groups is 2. The molecular formula is C19H22Cl2N2O3. The van der Waals surface area contributed by atoms with E-state index in [1.165, 1.54) is 31.4 Å². The van der Waals surface area contributed by atoms with Crippen LogP contribution in [0.2, 0.25) is 10.0 Å². The summed E-state index contributed by atoms with van der Waals surface area (Å²) < 4.78 is 5.15. The van der Waals surface area contributed by atoms with Crippen LogP contribution in [0.5, 0.6) is 0 Å². The third-order valence-electron chi connectivity index (χ3n) is 6.09. The van der Waals surface area contributed by atoms with Gasteiger partial charge in [0.15, 0.2) is 6.61 Å². The summed E-state index contributed by atoms with van der Waals surface area (Å²) in [5.41, 5.74) is 5.87. The Morgan fingerprint density at radius 1 is 1.12 bits per heavy atom. The number of carbonyl (C=O) groups excluding carboxylic acids is 2. The number of nitrogens with one attached hydrogen (secondary N) is 1. The van der Waals surface area contributed by atoms with Crippen molar-refractivity contribution in [1.29, 1.82) is 0 Å². The SMILES string of the molecule is Nc1c(Cl)cc(Cl)cc1C(=O)OCC(=O)NC12CC3CC(CC(C3)C1)C2. The summed E-state index contributed by atoms with van der Waals surface area (Å²) in [6.07, 6.45) is 7.07. The van der Waals surface area contributed by atoms with Gasteiger partial charge in [0, 0.05) is 10.6 Å². The Bertz CT molecular complexity index is 730. The Morgan fingerprint density at radius 2 is 1.69 bits per heavy atom. The van der Waals surface area contributed by atoms with Crippen LogP contribution in [0.15, 0.2) is 12.1 Å². The number of rotatable bonds is 4. The van der Waals surface area contributed by atoms with E-state index < -0.39 is 5.97 Å². The highest BCUT2D eigenvalue weighted by Crippen LogP contribution is 2.55. The molecule has 0 saturated heterocycles. The van der Waals surface area contributed by atoms with Gasteiger partial charge in [0.1, 0.15) is 0 Å². The molecule has 0 radical (unpaired) electrons. The lowest BCUT2D eigenvalue weighted by molar-refractivity contribution is -0.130. The lowest BCUT2D eigenvalue weighted by Crippen LogP contribution is -2.60. The zero-order chi connectivity index (χ0) is 18.5. The number of esters is 1. The Morgan fingerprint density at radius 3 is 2.27 bits per heavy atom. The highest BCUT2D eigenvalue weighted by Gasteiger charge is 2.51. The molecule has 140 valence electrons. The van der Waals surface area contributed by atoms with Gasteiger partial charge in [-0.15, -0.1) is 0 Å². The molecule has 4 bridgehead atoms. The van der Waals surface area contributed by atoms with E-state index in [9.17, 15) is 9.59 Å². The first-order chi connectivity index (χ1) is 12.3. The fourth-order valence-electron chi connectivity index (χ4n) is 5.56. The molecule has 0 aliphatic heterocycles. The van der Waals surface area contributed by atoms with E-state index in [1.807, 2.05) is 0 Å². The summed E-state index contributed by atoms with van der Waals surface area (Å²) in [4.78, 5) is 24.6. The maximum absolute atomic E-state index is 12.4. The van der Waals surface area contributed by atoms with Crippen molar-refractivity contribution in [3.8, 4) is 0 Å². The van der Waals surface area contributed by atoms with E-state index in [-0.39, 0.29) is 39.3 Å². The fraction of sp³-hybridized carbons (Fsp3) is 0.579. The van der Waals surface area contributed by atoms with Crippen LogP contribution in [-0.2, 0) is 9.53 Å². The second-order valence-electron chi connectivity index (χ2n) is 8.17. The van der Waals surface area contributed by atoms with Crippen molar-refractivity contribution in [2.45, 2.75) is 44.1 Å². The summed E-state index contributed by atoms with van der Waals surface area (Å²) in [5, 5.41) is 3.64. The van der Waals surface area contributed by atoms with Crippen LogP contribution in [0.3, 0.4) is 0 Å². The largest absolute Gasteiger partial charge is 0.452 e. The molecule has 5 nitrogen and oxygen atoms in total. The number of benzene rings is 1. The number of hydrogen-bond donors (Lipinski definition) is 2. The molecule has 0 atom stereocenters. The van der Waals surface area contributed by atoms with Gasteiger partial charge in [-0.2, -0.15) is 0 Å². The number of hydrogen-bond acceptors (Lipinski definition) is 4. The molecule has 26 heavy (non-hydrogen) atoms. The third-order valence-corrected chi connectivity index (χ3v) is 6.62. The molecule has 0 unspecified atom stereocenters. The molecule has 4 saturated carbocycles. The monoisotopic (exact) mass is 396 g/mol. The minimum Gasteiger partial charge on any atom is -0.452 e. The Kier molecular flexibility index (Phi) is 4.56. The molecule has 0 heterocycles. The number of ether oxygens (including phenoxy) is 1. The molecule has 0 aromatic heterocycles. The van der Waals surface area contributed by atoms with Gasteiger partial charge in [0.05, 0.1) is 16.3 Å². The Labute approximate surface area is 162 Å². The molecule has 4 aliphatic carbocycles. The number of halogens is 2. The molecule has 3 N–H and O–H groups in total. The Balaban J connectivity index is 1.37. The maximum atomic E-state index is 12.4. The third kappa shape index (κ3) is 3.39. The van der Waals surface area contributed by atoms with Crippen molar-refractivity contribution >= 4 is 40.8 Å². The van der Waals surface area contributed by atoms with Gasteiger partial charge in [0.25, 0.3) is 5.91 Å². The maximum Gasteiger partial charge on any atom is 0.340 e. The average Bonchev–Trinajstić information content (AvgIpc) is 2.54. The second kappa shape index (κ2) is 6.61. The van der Waals surface area contributed by atoms with Crippen molar-refractivity contribution in [3.05, 3.63) is 27.7 Å². The zero-order valence-electron chi connectivity index (χ0n) is 14.4. The van der Waals surface area contributed by atoms with Crippen molar-refractivity contribution < 1.29 is 14.3 Å². The van der Waals surface area contributed by atoms with Crippen molar-refractivity contribution in [2.24, 2.45) is 17.8 Å². The van der Waals surface area contributed by atoms with E-state index in [0.717, 1.165) is 37.0 Å². The number of anilines is 1. The average molecular weight is 397 g/mol. The van der Waals surface area contributed by atoms with Crippen LogP contribution in [0.1, 0.15) is 48.9 Å². The molecule has 7 heteroatoms. The van der Waals surface area contributed by atoms with E-state index in [4.69, 9.17) is 33.7 Å². The van der Waals surface area contributed by atoms with Gasteiger partial charge in [-0.3, -0.25) is 4.79 Å². The van der Waals surface area contributed by atoms with Gasteiger partial charge in [-0.25, -0.2) is 4.79 Å². The number of nitrogen functional groups attached to an aromatic ring is 1. The minimum absolute atomic E-state index is 0.0742. The second-order valence-corrected chi connectivity index (χ2v) is 9.01. The van der Waals surface area contributed by atoms with Crippen molar-refractivity contribution in [3.63, 3.8) is 0 Å². The summed E-state index contributed by atoms with van der Waals surface area (Å²) in [6.45, 7) is -0.329. The summed E-state index contributed by atoms with van der Waals surface area (Å²) in [6, 6.07) is 2.84. The lowest BCUT2D eigenvalue weighted by atomic mass is 9.53. The molecule has 1 amide bonds. The lowest BCUT2D eigenvalue weighted by Gasteiger charge is -2.56. The molecule has 0 spiro atoms. The molecule has 1 aromatic rings. The molecule has 4 fully saturated rings. The van der Waals surface area contributed by atoms with Crippen molar-refractivity contribution in [1.82, 2.24) is 5.32 Å². The van der Waals surface area contributed by atoms with E-state index in [1.54, 1.807) is 0 Å². The highest BCUT2D eigenvalue weighted by molar-refractivity contribution is 6.37. The topological polar surface area (TPSA) is 81.4 Å². The quantitative estimate of drug-likeness (QED) is 0.598. The summed E-state index contributed by atoms with van der Waals surface area (Å²) >= 11 is 11.8. The minimum atomic E-state index is -0.701. The molecular weight excluding hydrogens is 375 g/mol. The predicted molar refractivity (Wildman–Crippen MR) is 100 cm³/mol. The predicted octanol–water partition coefficient (Wildman–Crippen LogP) is 3.82. The number of amides is 1. The smallest absolute Gasteiger partial charge is 0.340 e. The summed E-state index contributed by atoms with van der Waals surface area (Å²) in [7, 11) is 0. The van der Waals surface area contributed by atoms with E-state index in [2.05, 4.69) is 5.32 Å². The fourth-order valence-corrected chi connectivity index (χ4v) is 6.05. The van der Waals surface area contributed by atoms with Crippen molar-refractivity contribution in [2.75, 3.05) is 12.3 Å². The highest BCUT2D eigenvalue weighted by atomic mass is 35.5. The first-order valence-electron chi connectivity index (χ1n) is 9.06. The Hall–Kier alpha value is -1.46. The van der Waals surface area contributed by atoms with Gasteiger partial charge in [-0.1, -0.05) is 23.2 Å². The molecule has 4 aliphatic rings. The first kappa shape index (κ1) is 17.9. The standard InChI is InChI=1S/C19H22Cl2N2O3/c20-13-4-14(17(22)15(21)5-13)18(25)26-9-16(24)23-19-6-10-1-11(7-19)3-12(2-10)8-19/h4-5,10-12H,1-3,6-9,22H2,(H,23,24). The van der Waals surface area contributed by atoms with Crippen LogP contribution >= 0.6 is 23.2 Å². The van der Waals surface area contributed by atoms with Crippen LogP contribution < -0.4 is 11.1 Å².